The molecule has 0 aliphatic heterocycles. The number of amides is 1. The van der Waals surface area contributed by atoms with Crippen molar-refractivity contribution in [3.05, 3.63) is 57.9 Å². The van der Waals surface area contributed by atoms with Gasteiger partial charge in [0.1, 0.15) is 0 Å². The maximum atomic E-state index is 12.1. The third kappa shape index (κ3) is 3.87. The van der Waals surface area contributed by atoms with Crippen molar-refractivity contribution >= 4 is 29.8 Å². The van der Waals surface area contributed by atoms with E-state index < -0.39 is 0 Å². The number of hydrogen-bond donors (Lipinski definition) is 2. The standard InChI is InChI=1S/C17H17ClN4O/c18-13(10-12-6-2-1-3-7-12)11-19-22-17(23)16-14-8-4-5-9-15(14)20-21-16/h1-3,6-7,10-11H,4-5,8-9H2,(H,20,21)(H,22,23)/b13-10-,19-11+. The molecule has 1 aromatic carbocycles. The molecule has 2 N–H and O–H groups in total. The second-order valence-electron chi connectivity index (χ2n) is 5.38. The van der Waals surface area contributed by atoms with Crippen LogP contribution in [0.2, 0.25) is 0 Å². The molecule has 0 fully saturated rings. The first-order valence-electron chi connectivity index (χ1n) is 7.56. The maximum absolute atomic E-state index is 12.1. The second-order valence-corrected chi connectivity index (χ2v) is 5.81. The number of rotatable bonds is 4. The minimum absolute atomic E-state index is 0.315. The van der Waals surface area contributed by atoms with Crippen LogP contribution in [0.15, 0.2) is 40.5 Å². The molecule has 6 heteroatoms. The summed E-state index contributed by atoms with van der Waals surface area (Å²) in [5.74, 6) is -0.315. The third-order valence-corrected chi connectivity index (χ3v) is 3.94. The summed E-state index contributed by atoms with van der Waals surface area (Å²) in [4.78, 5) is 12.1. The lowest BCUT2D eigenvalue weighted by molar-refractivity contribution is 0.0949. The van der Waals surface area contributed by atoms with Gasteiger partial charge in [-0.15, -0.1) is 0 Å². The number of H-pyrrole nitrogens is 1. The summed E-state index contributed by atoms with van der Waals surface area (Å²) in [6, 6.07) is 9.66. The Morgan fingerprint density at radius 1 is 1.26 bits per heavy atom. The molecular formula is C17H17ClN4O. The van der Waals surface area contributed by atoms with E-state index in [1.165, 1.54) is 6.21 Å². The lowest BCUT2D eigenvalue weighted by atomic mass is 9.96. The molecule has 1 aromatic heterocycles. The van der Waals surface area contributed by atoms with Crippen LogP contribution in [0.3, 0.4) is 0 Å². The molecule has 3 rings (SSSR count). The Morgan fingerprint density at radius 2 is 2.04 bits per heavy atom. The Morgan fingerprint density at radius 3 is 2.87 bits per heavy atom. The number of aromatic nitrogens is 2. The smallest absolute Gasteiger partial charge is 0.281 e. The molecule has 23 heavy (non-hydrogen) atoms. The van der Waals surface area contributed by atoms with E-state index >= 15 is 0 Å². The Kier molecular flexibility index (Phi) is 4.88. The molecule has 1 aliphatic rings. The van der Waals surface area contributed by atoms with Crippen LogP contribution in [-0.2, 0) is 12.8 Å². The highest BCUT2D eigenvalue weighted by atomic mass is 35.5. The van der Waals surface area contributed by atoms with Gasteiger partial charge < -0.3 is 0 Å². The fraction of sp³-hybridized carbons (Fsp3) is 0.235. The van der Waals surface area contributed by atoms with E-state index in [-0.39, 0.29) is 5.91 Å². The summed E-state index contributed by atoms with van der Waals surface area (Å²) >= 11 is 6.08. The molecule has 5 nitrogen and oxygen atoms in total. The lowest BCUT2D eigenvalue weighted by Gasteiger charge is -2.10. The van der Waals surface area contributed by atoms with Gasteiger partial charge >= 0.3 is 0 Å². The van der Waals surface area contributed by atoms with Gasteiger partial charge in [0.15, 0.2) is 5.69 Å². The van der Waals surface area contributed by atoms with Crippen molar-refractivity contribution < 1.29 is 4.79 Å². The number of benzene rings is 1. The number of nitrogens with zero attached hydrogens (tertiary/aromatic N) is 2. The predicted molar refractivity (Wildman–Crippen MR) is 91.5 cm³/mol. The number of carbonyl (C=O) groups is 1. The Labute approximate surface area is 139 Å². The second kappa shape index (κ2) is 7.24. The highest BCUT2D eigenvalue weighted by Gasteiger charge is 2.21. The average Bonchev–Trinajstić information content (AvgIpc) is 3.00. The van der Waals surface area contributed by atoms with E-state index in [2.05, 4.69) is 20.7 Å². The SMILES string of the molecule is O=C(N/N=C/C(Cl)=C/c1ccccc1)c1n[nH]c2c1CCCC2. The number of hydrazone groups is 1. The number of allylic oxidation sites excluding steroid dienone is 1. The first kappa shape index (κ1) is 15.5. The molecule has 1 heterocycles. The van der Waals surface area contributed by atoms with Gasteiger partial charge in [-0.2, -0.15) is 10.2 Å². The zero-order valence-corrected chi connectivity index (χ0v) is 13.3. The zero-order valence-electron chi connectivity index (χ0n) is 12.6. The van der Waals surface area contributed by atoms with Gasteiger partial charge in [-0.3, -0.25) is 9.89 Å². The molecular weight excluding hydrogens is 312 g/mol. The average molecular weight is 329 g/mol. The molecule has 0 saturated heterocycles. The van der Waals surface area contributed by atoms with Crippen molar-refractivity contribution in [3.8, 4) is 0 Å². The highest BCUT2D eigenvalue weighted by Crippen LogP contribution is 2.21. The number of hydrogen-bond acceptors (Lipinski definition) is 3. The van der Waals surface area contributed by atoms with E-state index in [4.69, 9.17) is 11.6 Å². The number of aryl methyl sites for hydroxylation is 1. The van der Waals surface area contributed by atoms with Gasteiger partial charge in [-0.05, 0) is 37.3 Å². The van der Waals surface area contributed by atoms with Gasteiger partial charge in [0, 0.05) is 11.3 Å². The maximum Gasteiger partial charge on any atom is 0.292 e. The molecule has 1 aliphatic carbocycles. The highest BCUT2D eigenvalue weighted by molar-refractivity contribution is 6.41. The number of carbonyl (C=O) groups excluding carboxylic acids is 1. The molecule has 0 atom stereocenters. The van der Waals surface area contributed by atoms with E-state index in [9.17, 15) is 4.79 Å². The van der Waals surface area contributed by atoms with Gasteiger partial charge in [0.05, 0.1) is 11.2 Å². The van der Waals surface area contributed by atoms with Crippen LogP contribution >= 0.6 is 11.6 Å². The van der Waals surface area contributed by atoms with Crippen molar-refractivity contribution in [2.24, 2.45) is 5.10 Å². The van der Waals surface area contributed by atoms with Crippen LogP contribution < -0.4 is 5.43 Å². The monoisotopic (exact) mass is 328 g/mol. The normalized spacial score (nSPS) is 14.7. The lowest BCUT2D eigenvalue weighted by Crippen LogP contribution is -2.20. The van der Waals surface area contributed by atoms with Crippen LogP contribution in [0.1, 0.15) is 40.2 Å². The molecule has 0 spiro atoms. The molecule has 0 radical (unpaired) electrons. The summed E-state index contributed by atoms with van der Waals surface area (Å²) in [5.41, 5.74) is 5.95. The van der Waals surface area contributed by atoms with E-state index in [0.717, 1.165) is 42.5 Å². The van der Waals surface area contributed by atoms with Crippen molar-refractivity contribution in [1.82, 2.24) is 15.6 Å². The fourth-order valence-electron chi connectivity index (χ4n) is 2.62. The molecule has 0 unspecified atom stereocenters. The Balaban J connectivity index is 1.63. The number of nitrogens with one attached hydrogen (secondary N) is 2. The van der Waals surface area contributed by atoms with Crippen molar-refractivity contribution in [2.45, 2.75) is 25.7 Å². The fourth-order valence-corrected chi connectivity index (χ4v) is 2.79. The van der Waals surface area contributed by atoms with Gasteiger partial charge in [-0.25, -0.2) is 5.43 Å². The Bertz CT molecular complexity index is 749. The van der Waals surface area contributed by atoms with E-state index in [1.54, 1.807) is 6.08 Å². The summed E-state index contributed by atoms with van der Waals surface area (Å²) in [6.07, 6.45) is 7.23. The van der Waals surface area contributed by atoms with Crippen LogP contribution in [0.5, 0.6) is 0 Å². The molecule has 1 amide bonds. The van der Waals surface area contributed by atoms with Crippen molar-refractivity contribution in [3.63, 3.8) is 0 Å². The van der Waals surface area contributed by atoms with Crippen LogP contribution in [0.4, 0.5) is 0 Å². The van der Waals surface area contributed by atoms with Crippen LogP contribution in [0.25, 0.3) is 6.08 Å². The van der Waals surface area contributed by atoms with E-state index in [1.807, 2.05) is 30.3 Å². The summed E-state index contributed by atoms with van der Waals surface area (Å²) in [5, 5.41) is 11.4. The Hall–Kier alpha value is -2.40. The third-order valence-electron chi connectivity index (χ3n) is 3.73. The van der Waals surface area contributed by atoms with Crippen molar-refractivity contribution in [1.29, 1.82) is 0 Å². The predicted octanol–water partition coefficient (Wildman–Crippen LogP) is 3.28. The van der Waals surface area contributed by atoms with Crippen LogP contribution in [0, 0.1) is 0 Å². The molecule has 118 valence electrons. The van der Waals surface area contributed by atoms with Gasteiger partial charge in [0.2, 0.25) is 0 Å². The van der Waals surface area contributed by atoms with Gasteiger partial charge in [-0.1, -0.05) is 41.9 Å². The summed E-state index contributed by atoms with van der Waals surface area (Å²) < 4.78 is 0. The molecule has 0 saturated carbocycles. The number of halogens is 1. The topological polar surface area (TPSA) is 70.1 Å². The summed E-state index contributed by atoms with van der Waals surface area (Å²) in [7, 11) is 0. The van der Waals surface area contributed by atoms with E-state index in [0.29, 0.717) is 10.7 Å². The minimum atomic E-state index is -0.315. The van der Waals surface area contributed by atoms with Crippen LogP contribution in [-0.4, -0.2) is 22.3 Å². The molecule has 0 bridgehead atoms. The van der Waals surface area contributed by atoms with Gasteiger partial charge in [0.25, 0.3) is 5.91 Å². The largest absolute Gasteiger partial charge is 0.292 e. The number of aromatic amines is 1. The number of fused-ring (bicyclic) bond motifs is 1. The quantitative estimate of drug-likeness (QED) is 0.668. The minimum Gasteiger partial charge on any atom is -0.281 e. The zero-order chi connectivity index (χ0) is 16.1. The summed E-state index contributed by atoms with van der Waals surface area (Å²) in [6.45, 7) is 0. The first-order valence-corrected chi connectivity index (χ1v) is 7.93. The first-order chi connectivity index (χ1) is 11.2. The van der Waals surface area contributed by atoms with Crippen molar-refractivity contribution in [2.75, 3.05) is 0 Å². The molecule has 2 aromatic rings.